The van der Waals surface area contributed by atoms with Crippen LogP contribution in [0.4, 0.5) is 5.82 Å². The summed E-state index contributed by atoms with van der Waals surface area (Å²) in [5.74, 6) is 2.08. The number of amides is 1. The molecule has 0 spiro atoms. The van der Waals surface area contributed by atoms with Crippen molar-refractivity contribution in [3.63, 3.8) is 0 Å². The van der Waals surface area contributed by atoms with Crippen LogP contribution in [0, 0.1) is 11.3 Å². The van der Waals surface area contributed by atoms with Crippen LogP contribution in [0.15, 0.2) is 95.9 Å². The second-order valence-corrected chi connectivity index (χ2v) is 9.80. The third kappa shape index (κ3) is 5.63. The van der Waals surface area contributed by atoms with Gasteiger partial charge in [0.1, 0.15) is 23.4 Å². The zero-order chi connectivity index (χ0) is 28.2. The van der Waals surface area contributed by atoms with Crippen molar-refractivity contribution in [2.75, 3.05) is 31.1 Å². The van der Waals surface area contributed by atoms with Crippen LogP contribution in [0.1, 0.15) is 27.2 Å². The predicted octanol–water partition coefficient (Wildman–Crippen LogP) is 4.54. The molecule has 41 heavy (non-hydrogen) atoms. The molecule has 5 aromatic rings. The normalized spacial score (nSPS) is 13.1. The third-order valence-electron chi connectivity index (χ3n) is 7.13. The largest absolute Gasteiger partial charge is 0.457 e. The number of nitriles is 1. The highest BCUT2D eigenvalue weighted by Crippen LogP contribution is 2.26. The summed E-state index contributed by atoms with van der Waals surface area (Å²) in [6.45, 7) is 2.46. The van der Waals surface area contributed by atoms with E-state index < -0.39 is 0 Å². The topological polar surface area (TPSA) is 115 Å². The summed E-state index contributed by atoms with van der Waals surface area (Å²) in [5.41, 5.74) is 2.45. The van der Waals surface area contributed by atoms with E-state index in [0.29, 0.717) is 71.7 Å². The summed E-state index contributed by atoms with van der Waals surface area (Å²) in [6, 6.07) is 28.0. The zero-order valence-corrected chi connectivity index (χ0v) is 22.2. The molecule has 3 heterocycles. The first-order valence-electron chi connectivity index (χ1n) is 13.3. The number of benzene rings is 3. The van der Waals surface area contributed by atoms with E-state index in [2.05, 4.69) is 26.2 Å². The standard InChI is InChI=1S/C32H26N6O3/c33-20-23-9-12-30(34-21-23)37-13-15-38(16-14-37)32(40)24-6-4-5-22(17-24)18-29-28-19-26(41-25-7-2-1-3-8-25)10-11-27(28)31(39)36-35-29/h1-12,17,19,21H,13-16,18H2,(H,36,39). The number of nitrogens with one attached hydrogen (secondary N) is 1. The van der Waals surface area contributed by atoms with Gasteiger partial charge in [-0.2, -0.15) is 10.4 Å². The van der Waals surface area contributed by atoms with Crippen LogP contribution in [0.3, 0.4) is 0 Å². The van der Waals surface area contributed by atoms with Crippen LogP contribution in [0.5, 0.6) is 11.5 Å². The summed E-state index contributed by atoms with van der Waals surface area (Å²) in [6.07, 6.45) is 2.00. The molecule has 0 radical (unpaired) electrons. The Kier molecular flexibility index (Phi) is 7.11. The van der Waals surface area contributed by atoms with E-state index in [4.69, 9.17) is 10.00 Å². The van der Waals surface area contributed by atoms with Crippen molar-refractivity contribution >= 4 is 22.5 Å². The fourth-order valence-corrected chi connectivity index (χ4v) is 4.99. The average molecular weight is 543 g/mol. The fraction of sp³-hybridized carbons (Fsp3) is 0.156. The van der Waals surface area contributed by atoms with Gasteiger partial charge in [0.25, 0.3) is 11.5 Å². The van der Waals surface area contributed by atoms with E-state index in [1.54, 1.807) is 24.4 Å². The highest BCUT2D eigenvalue weighted by molar-refractivity contribution is 5.94. The van der Waals surface area contributed by atoms with Crippen LogP contribution in [0.2, 0.25) is 0 Å². The van der Waals surface area contributed by atoms with Crippen molar-refractivity contribution in [3.05, 3.63) is 124 Å². The molecule has 3 aromatic carbocycles. The van der Waals surface area contributed by atoms with E-state index in [-0.39, 0.29) is 11.5 Å². The molecule has 0 atom stereocenters. The molecule has 1 amide bonds. The van der Waals surface area contributed by atoms with Gasteiger partial charge in [0, 0.05) is 49.7 Å². The first-order valence-corrected chi connectivity index (χ1v) is 13.3. The monoisotopic (exact) mass is 542 g/mol. The Morgan fingerprint density at radius 3 is 2.49 bits per heavy atom. The molecular weight excluding hydrogens is 516 g/mol. The Balaban J connectivity index is 1.18. The number of para-hydroxylation sites is 1. The number of nitrogens with zero attached hydrogens (tertiary/aromatic N) is 5. The number of carbonyl (C=O) groups is 1. The number of hydrogen-bond donors (Lipinski definition) is 1. The Morgan fingerprint density at radius 1 is 0.902 bits per heavy atom. The van der Waals surface area contributed by atoms with Gasteiger partial charge in [-0.15, -0.1) is 0 Å². The van der Waals surface area contributed by atoms with Gasteiger partial charge in [-0.25, -0.2) is 10.1 Å². The second-order valence-electron chi connectivity index (χ2n) is 9.80. The molecule has 0 aliphatic carbocycles. The molecule has 0 saturated carbocycles. The number of aromatic nitrogens is 3. The van der Waals surface area contributed by atoms with E-state index in [1.807, 2.05) is 71.6 Å². The highest BCUT2D eigenvalue weighted by atomic mass is 16.5. The molecule has 1 aliphatic heterocycles. The molecule has 0 unspecified atom stereocenters. The molecule has 1 N–H and O–H groups in total. The number of carbonyl (C=O) groups excluding carboxylic acids is 1. The van der Waals surface area contributed by atoms with Gasteiger partial charge >= 0.3 is 0 Å². The van der Waals surface area contributed by atoms with Crippen LogP contribution in [-0.4, -0.2) is 52.2 Å². The number of ether oxygens (including phenoxy) is 1. The van der Waals surface area contributed by atoms with E-state index in [9.17, 15) is 9.59 Å². The first kappa shape index (κ1) is 25.8. The quantitative estimate of drug-likeness (QED) is 0.335. The van der Waals surface area contributed by atoms with Gasteiger partial charge in [0.2, 0.25) is 0 Å². The maximum atomic E-state index is 13.4. The Labute approximate surface area is 236 Å². The highest BCUT2D eigenvalue weighted by Gasteiger charge is 2.23. The van der Waals surface area contributed by atoms with Gasteiger partial charge in [-0.3, -0.25) is 9.59 Å². The number of rotatable bonds is 6. The molecule has 202 valence electrons. The first-order chi connectivity index (χ1) is 20.1. The predicted molar refractivity (Wildman–Crippen MR) is 155 cm³/mol. The van der Waals surface area contributed by atoms with Crippen molar-refractivity contribution in [3.8, 4) is 17.6 Å². The Bertz CT molecular complexity index is 1800. The van der Waals surface area contributed by atoms with E-state index in [1.165, 1.54) is 0 Å². The molecule has 6 rings (SSSR count). The average Bonchev–Trinajstić information content (AvgIpc) is 3.03. The molecule has 1 saturated heterocycles. The van der Waals surface area contributed by atoms with Crippen molar-refractivity contribution in [1.82, 2.24) is 20.1 Å². The lowest BCUT2D eigenvalue weighted by atomic mass is 10.0. The molecular formula is C32H26N6O3. The number of piperazine rings is 1. The van der Waals surface area contributed by atoms with E-state index >= 15 is 0 Å². The number of H-pyrrole nitrogens is 1. The summed E-state index contributed by atoms with van der Waals surface area (Å²) in [4.78, 5) is 34.2. The smallest absolute Gasteiger partial charge is 0.272 e. The van der Waals surface area contributed by atoms with E-state index in [0.717, 1.165) is 11.4 Å². The SMILES string of the molecule is N#Cc1ccc(N2CCN(C(=O)c3cccc(Cc4n[nH]c(=O)c5ccc(Oc6ccccc6)cc45)c3)CC2)nc1. The lowest BCUT2D eigenvalue weighted by Crippen LogP contribution is -2.49. The molecule has 2 aromatic heterocycles. The fourth-order valence-electron chi connectivity index (χ4n) is 4.99. The Hall–Kier alpha value is -5.49. The molecule has 0 bridgehead atoms. The van der Waals surface area contributed by atoms with Crippen LogP contribution in [0.25, 0.3) is 10.8 Å². The lowest BCUT2D eigenvalue weighted by Gasteiger charge is -2.35. The lowest BCUT2D eigenvalue weighted by molar-refractivity contribution is 0.0746. The summed E-state index contributed by atoms with van der Waals surface area (Å²) in [5, 5.41) is 17.2. The molecule has 9 nitrogen and oxygen atoms in total. The number of aromatic amines is 1. The van der Waals surface area contributed by atoms with Crippen molar-refractivity contribution in [1.29, 1.82) is 5.26 Å². The number of anilines is 1. The van der Waals surface area contributed by atoms with Crippen molar-refractivity contribution < 1.29 is 9.53 Å². The van der Waals surface area contributed by atoms with Gasteiger partial charge in [0.05, 0.1) is 16.6 Å². The summed E-state index contributed by atoms with van der Waals surface area (Å²) >= 11 is 0. The molecule has 1 aliphatic rings. The van der Waals surface area contributed by atoms with Gasteiger partial charge < -0.3 is 14.5 Å². The number of pyridine rings is 1. The van der Waals surface area contributed by atoms with Crippen LogP contribution < -0.4 is 15.2 Å². The molecule has 1 fully saturated rings. The zero-order valence-electron chi connectivity index (χ0n) is 22.2. The second kappa shape index (κ2) is 11.3. The number of fused-ring (bicyclic) bond motifs is 1. The van der Waals surface area contributed by atoms with Crippen LogP contribution in [-0.2, 0) is 6.42 Å². The minimum Gasteiger partial charge on any atom is -0.457 e. The minimum atomic E-state index is -0.269. The van der Waals surface area contributed by atoms with Crippen molar-refractivity contribution in [2.24, 2.45) is 0 Å². The number of hydrogen-bond acceptors (Lipinski definition) is 7. The maximum absolute atomic E-state index is 13.4. The third-order valence-corrected chi connectivity index (χ3v) is 7.13. The summed E-state index contributed by atoms with van der Waals surface area (Å²) < 4.78 is 5.99. The summed E-state index contributed by atoms with van der Waals surface area (Å²) in [7, 11) is 0. The van der Waals surface area contributed by atoms with Gasteiger partial charge in [-0.1, -0.05) is 30.3 Å². The van der Waals surface area contributed by atoms with Crippen LogP contribution >= 0.6 is 0 Å². The van der Waals surface area contributed by atoms with Gasteiger partial charge in [0.15, 0.2) is 0 Å². The van der Waals surface area contributed by atoms with Gasteiger partial charge in [-0.05, 0) is 60.2 Å². The van der Waals surface area contributed by atoms with Crippen molar-refractivity contribution in [2.45, 2.75) is 6.42 Å². The minimum absolute atomic E-state index is 0.0304. The molecule has 9 heteroatoms. The maximum Gasteiger partial charge on any atom is 0.272 e. The Morgan fingerprint density at radius 2 is 1.73 bits per heavy atom.